The van der Waals surface area contributed by atoms with Crippen LogP contribution in [0.5, 0.6) is 0 Å². The van der Waals surface area contributed by atoms with Gasteiger partial charge in [-0.25, -0.2) is 4.98 Å². The third-order valence-corrected chi connectivity index (χ3v) is 6.73. The number of hydrogen-bond donors (Lipinski definition) is 0. The molecule has 34 heavy (non-hydrogen) atoms. The minimum Gasteiger partial charge on any atom is -0.353 e. The Labute approximate surface area is 200 Å². The first kappa shape index (κ1) is 22.1. The van der Waals surface area contributed by atoms with Crippen LogP contribution < -0.4 is 4.90 Å². The van der Waals surface area contributed by atoms with E-state index in [0.717, 1.165) is 48.6 Å². The number of amides is 1. The van der Waals surface area contributed by atoms with Crippen LogP contribution in [0.15, 0.2) is 67.0 Å². The van der Waals surface area contributed by atoms with E-state index in [2.05, 4.69) is 58.3 Å². The third-order valence-electron chi connectivity index (χ3n) is 6.73. The summed E-state index contributed by atoms with van der Waals surface area (Å²) in [6, 6.07) is 20.6. The number of aromatic nitrogens is 4. The lowest BCUT2D eigenvalue weighted by molar-refractivity contribution is -0.133. The van der Waals surface area contributed by atoms with E-state index in [9.17, 15) is 4.79 Å². The molecule has 7 heteroatoms. The van der Waals surface area contributed by atoms with Crippen LogP contribution in [0.1, 0.15) is 41.6 Å². The Kier molecular flexibility index (Phi) is 6.25. The van der Waals surface area contributed by atoms with Crippen molar-refractivity contribution in [3.05, 3.63) is 89.4 Å². The maximum absolute atomic E-state index is 13.4. The smallest absolute Gasteiger partial charge is 0.254 e. The van der Waals surface area contributed by atoms with E-state index in [-0.39, 0.29) is 11.8 Å². The number of fused-ring (bicyclic) bond motifs is 1. The number of aryl methyl sites for hydroxylation is 1. The molecule has 2 aromatic carbocycles. The molecule has 1 aliphatic rings. The molecule has 3 heterocycles. The molecule has 0 bridgehead atoms. The summed E-state index contributed by atoms with van der Waals surface area (Å²) in [7, 11) is 0. The SMILES string of the molecule is CC[C@H](C(=O)N1CCN(c2c(Cc3ccccc3)c(C)nc3ncnn23)CC1)c1ccccc1. The molecule has 0 spiro atoms. The van der Waals surface area contributed by atoms with Crippen molar-refractivity contribution >= 4 is 17.5 Å². The van der Waals surface area contributed by atoms with Crippen molar-refractivity contribution in [3.8, 4) is 0 Å². The molecule has 1 saturated heterocycles. The maximum atomic E-state index is 13.4. The third kappa shape index (κ3) is 4.25. The lowest BCUT2D eigenvalue weighted by Crippen LogP contribution is -2.50. The summed E-state index contributed by atoms with van der Waals surface area (Å²) in [5.74, 6) is 1.77. The topological polar surface area (TPSA) is 66.6 Å². The van der Waals surface area contributed by atoms with Crippen molar-refractivity contribution < 1.29 is 4.79 Å². The van der Waals surface area contributed by atoms with Crippen LogP contribution in [0.3, 0.4) is 0 Å². The molecule has 1 aliphatic heterocycles. The Hall–Kier alpha value is -3.74. The van der Waals surface area contributed by atoms with Crippen molar-refractivity contribution in [1.29, 1.82) is 0 Å². The number of nitrogens with zero attached hydrogens (tertiary/aromatic N) is 6. The predicted octanol–water partition coefficient (Wildman–Crippen LogP) is 3.87. The molecule has 1 atom stereocenters. The number of hydrogen-bond acceptors (Lipinski definition) is 5. The van der Waals surface area contributed by atoms with E-state index in [1.165, 1.54) is 5.56 Å². The van der Waals surface area contributed by atoms with Crippen LogP contribution in [0, 0.1) is 6.92 Å². The first-order chi connectivity index (χ1) is 16.7. The largest absolute Gasteiger partial charge is 0.353 e. The van der Waals surface area contributed by atoms with E-state index in [1.807, 2.05) is 40.6 Å². The fourth-order valence-electron chi connectivity index (χ4n) is 4.90. The normalized spacial score (nSPS) is 15.0. The molecular weight excluding hydrogens is 424 g/mol. The van der Waals surface area contributed by atoms with Crippen LogP contribution in [0.2, 0.25) is 0 Å². The van der Waals surface area contributed by atoms with Crippen LogP contribution in [0.4, 0.5) is 5.82 Å². The van der Waals surface area contributed by atoms with Gasteiger partial charge in [0, 0.05) is 43.9 Å². The van der Waals surface area contributed by atoms with Crippen LogP contribution in [-0.2, 0) is 11.2 Å². The summed E-state index contributed by atoms with van der Waals surface area (Å²) in [6.07, 6.45) is 3.13. The zero-order valence-corrected chi connectivity index (χ0v) is 19.8. The van der Waals surface area contributed by atoms with Gasteiger partial charge in [-0.05, 0) is 24.5 Å². The highest BCUT2D eigenvalue weighted by Gasteiger charge is 2.29. The van der Waals surface area contributed by atoms with Gasteiger partial charge in [0.1, 0.15) is 12.1 Å². The summed E-state index contributed by atoms with van der Waals surface area (Å²) in [5, 5.41) is 4.49. The molecule has 0 aliphatic carbocycles. The molecule has 0 N–H and O–H groups in total. The lowest BCUT2D eigenvalue weighted by atomic mass is 9.94. The second-order valence-corrected chi connectivity index (χ2v) is 8.82. The Morgan fingerprint density at radius 1 is 0.971 bits per heavy atom. The summed E-state index contributed by atoms with van der Waals surface area (Å²) in [4.78, 5) is 26.8. The Morgan fingerprint density at radius 2 is 1.65 bits per heavy atom. The average Bonchev–Trinajstić information content (AvgIpc) is 3.34. The Bertz CT molecular complexity index is 1260. The van der Waals surface area contributed by atoms with Gasteiger partial charge >= 0.3 is 0 Å². The monoisotopic (exact) mass is 454 g/mol. The van der Waals surface area contributed by atoms with E-state index in [1.54, 1.807) is 6.33 Å². The van der Waals surface area contributed by atoms with Crippen LogP contribution in [-0.4, -0.2) is 56.6 Å². The number of rotatable bonds is 6. The van der Waals surface area contributed by atoms with E-state index >= 15 is 0 Å². The first-order valence-electron chi connectivity index (χ1n) is 12.0. The molecule has 4 aromatic rings. The van der Waals surface area contributed by atoms with Gasteiger partial charge in [0.2, 0.25) is 5.91 Å². The van der Waals surface area contributed by atoms with Crippen molar-refractivity contribution in [2.24, 2.45) is 0 Å². The molecule has 2 aromatic heterocycles. The second kappa shape index (κ2) is 9.63. The molecule has 0 saturated carbocycles. The Morgan fingerprint density at radius 3 is 2.32 bits per heavy atom. The van der Waals surface area contributed by atoms with Gasteiger partial charge in [0.15, 0.2) is 0 Å². The highest BCUT2D eigenvalue weighted by atomic mass is 16.2. The van der Waals surface area contributed by atoms with Crippen LogP contribution in [0.25, 0.3) is 5.78 Å². The quantitative estimate of drug-likeness (QED) is 0.443. The highest BCUT2D eigenvalue weighted by Crippen LogP contribution is 2.28. The molecule has 7 nitrogen and oxygen atoms in total. The summed E-state index contributed by atoms with van der Waals surface area (Å²) in [6.45, 7) is 6.99. The number of benzene rings is 2. The molecule has 0 unspecified atom stereocenters. The number of carbonyl (C=O) groups excluding carboxylic acids is 1. The van der Waals surface area contributed by atoms with Gasteiger partial charge in [0.05, 0.1) is 5.92 Å². The van der Waals surface area contributed by atoms with E-state index in [0.29, 0.717) is 18.9 Å². The standard InChI is InChI=1S/C27H30N6O/c1-3-23(22-12-8-5-9-13-22)26(34)32-16-14-31(15-17-32)25-24(18-21-10-6-4-7-11-21)20(2)30-27-28-19-29-33(25)27/h4-13,19,23H,3,14-18H2,1-2H3/t23-/m0/s1. The second-order valence-electron chi connectivity index (χ2n) is 8.82. The summed E-state index contributed by atoms with van der Waals surface area (Å²) in [5.41, 5.74) is 4.44. The van der Waals surface area contributed by atoms with Crippen molar-refractivity contribution in [2.45, 2.75) is 32.6 Å². The van der Waals surface area contributed by atoms with Gasteiger partial charge < -0.3 is 9.80 Å². The highest BCUT2D eigenvalue weighted by molar-refractivity contribution is 5.84. The molecule has 1 amide bonds. The van der Waals surface area contributed by atoms with E-state index < -0.39 is 0 Å². The Balaban J connectivity index is 1.40. The number of piperazine rings is 1. The fourth-order valence-corrected chi connectivity index (χ4v) is 4.90. The van der Waals surface area contributed by atoms with Gasteiger partial charge in [-0.2, -0.15) is 14.6 Å². The summed E-state index contributed by atoms with van der Waals surface area (Å²) >= 11 is 0. The number of anilines is 1. The fraction of sp³-hybridized carbons (Fsp3) is 0.333. The minimum atomic E-state index is -0.0911. The molecular formula is C27H30N6O. The average molecular weight is 455 g/mol. The molecule has 1 fully saturated rings. The van der Waals surface area contributed by atoms with E-state index in [4.69, 9.17) is 4.98 Å². The minimum absolute atomic E-state index is 0.0911. The molecule has 174 valence electrons. The lowest BCUT2D eigenvalue weighted by Gasteiger charge is -2.38. The zero-order chi connectivity index (χ0) is 23.5. The summed E-state index contributed by atoms with van der Waals surface area (Å²) < 4.78 is 1.85. The van der Waals surface area contributed by atoms with Crippen molar-refractivity contribution in [1.82, 2.24) is 24.5 Å². The van der Waals surface area contributed by atoms with Crippen molar-refractivity contribution in [3.63, 3.8) is 0 Å². The molecule has 0 radical (unpaired) electrons. The van der Waals surface area contributed by atoms with Gasteiger partial charge in [-0.1, -0.05) is 67.6 Å². The zero-order valence-electron chi connectivity index (χ0n) is 19.8. The van der Waals surface area contributed by atoms with Crippen molar-refractivity contribution in [2.75, 3.05) is 31.1 Å². The van der Waals surface area contributed by atoms with Crippen LogP contribution >= 0.6 is 0 Å². The first-order valence-corrected chi connectivity index (χ1v) is 12.0. The predicted molar refractivity (Wildman–Crippen MR) is 133 cm³/mol. The van der Waals surface area contributed by atoms with Gasteiger partial charge in [-0.15, -0.1) is 0 Å². The number of carbonyl (C=O) groups is 1. The van der Waals surface area contributed by atoms with Gasteiger partial charge in [0.25, 0.3) is 5.78 Å². The molecule has 5 rings (SSSR count). The van der Waals surface area contributed by atoms with Gasteiger partial charge in [-0.3, -0.25) is 4.79 Å². The maximum Gasteiger partial charge on any atom is 0.254 e.